The predicted octanol–water partition coefficient (Wildman–Crippen LogP) is 15.8. The van der Waals surface area contributed by atoms with Gasteiger partial charge < -0.3 is 9.47 Å². The highest BCUT2D eigenvalue weighted by Crippen LogP contribution is 2.48. The van der Waals surface area contributed by atoms with Gasteiger partial charge in [0.1, 0.15) is 0 Å². The Hall–Kier alpha value is -7.16. The van der Waals surface area contributed by atoms with Crippen LogP contribution in [-0.4, -0.2) is 4.57 Å². The van der Waals surface area contributed by atoms with E-state index in [9.17, 15) is 0 Å². The van der Waals surface area contributed by atoms with Crippen LogP contribution < -0.4 is 4.90 Å². The first-order valence-corrected chi connectivity index (χ1v) is 20.3. The molecular weight excluding hydrogens is 701 g/mol. The number of hydrogen-bond acceptors (Lipinski definition) is 1. The van der Waals surface area contributed by atoms with Gasteiger partial charge in [0, 0.05) is 32.8 Å². The van der Waals surface area contributed by atoms with Crippen molar-refractivity contribution in [1.29, 1.82) is 0 Å². The Morgan fingerprint density at radius 3 is 1.64 bits per heavy atom. The Kier molecular flexibility index (Phi) is 7.78. The SMILES string of the molecule is CC(C)(C)c1ccc(N(c2cccc(-c3ccccc3)c2)c2ccc3ccc4c(-n5c6ccccc6c6ccccc65)ccc5ccc2c3c54)c(-c2ccccc2)c1. The van der Waals surface area contributed by atoms with Crippen LogP contribution in [0.4, 0.5) is 17.1 Å². The molecule has 0 N–H and O–H groups in total. The maximum Gasteiger partial charge on any atom is 0.0541 e. The molecule has 0 radical (unpaired) electrons. The molecule has 2 nitrogen and oxygen atoms in total. The lowest BCUT2D eigenvalue weighted by atomic mass is 9.84. The molecule has 1 aromatic heterocycles. The summed E-state index contributed by atoms with van der Waals surface area (Å²) in [6, 6.07) is 73.9. The molecule has 0 atom stereocenters. The fourth-order valence-corrected chi connectivity index (χ4v) is 9.25. The van der Waals surface area contributed by atoms with Crippen molar-refractivity contribution < 1.29 is 0 Å². The molecule has 0 aliphatic heterocycles. The van der Waals surface area contributed by atoms with Crippen molar-refractivity contribution in [3.63, 3.8) is 0 Å². The van der Waals surface area contributed by atoms with Gasteiger partial charge in [0.15, 0.2) is 0 Å². The topological polar surface area (TPSA) is 8.17 Å². The molecular formula is C56H42N2. The standard InChI is InChI=1S/C56H42N2/c1-56(2,3)42-29-34-53(48(36-42)38-17-8-5-9-18-38)57(43-20-14-19-41(35-43)37-15-6-4-7-16-37)51-32-27-39-26-31-47-52(33-28-40-25-30-46(51)54(39)55(40)47)58-49-23-12-10-21-44(49)45-22-11-13-24-50(45)58/h4-36H,1-3H3. The molecule has 11 aromatic rings. The van der Waals surface area contributed by atoms with Gasteiger partial charge in [-0.3, -0.25) is 0 Å². The lowest BCUT2D eigenvalue weighted by Gasteiger charge is -2.31. The van der Waals surface area contributed by atoms with Gasteiger partial charge >= 0.3 is 0 Å². The Morgan fingerprint density at radius 1 is 0.397 bits per heavy atom. The van der Waals surface area contributed by atoms with E-state index in [0.29, 0.717) is 0 Å². The zero-order chi connectivity index (χ0) is 39.0. The lowest BCUT2D eigenvalue weighted by Crippen LogP contribution is -2.15. The number of nitrogens with zero attached hydrogens (tertiary/aromatic N) is 2. The van der Waals surface area contributed by atoms with Gasteiger partial charge in [-0.2, -0.15) is 0 Å². The molecule has 0 aliphatic carbocycles. The number of aromatic nitrogens is 1. The second-order valence-electron chi connectivity index (χ2n) is 16.6. The van der Waals surface area contributed by atoms with Gasteiger partial charge in [0.2, 0.25) is 0 Å². The number of anilines is 3. The highest BCUT2D eigenvalue weighted by atomic mass is 15.1. The van der Waals surface area contributed by atoms with Gasteiger partial charge in [0.05, 0.1) is 28.1 Å². The molecule has 10 aromatic carbocycles. The van der Waals surface area contributed by atoms with E-state index in [2.05, 4.69) is 230 Å². The molecule has 0 amide bonds. The normalized spacial score (nSPS) is 12.1. The summed E-state index contributed by atoms with van der Waals surface area (Å²) in [5.41, 5.74) is 13.1. The molecule has 0 unspecified atom stereocenters. The van der Waals surface area contributed by atoms with Gasteiger partial charge in [-0.05, 0) is 97.7 Å². The molecule has 0 fully saturated rings. The molecule has 276 valence electrons. The monoisotopic (exact) mass is 742 g/mol. The minimum atomic E-state index is -0.0127. The first-order valence-electron chi connectivity index (χ1n) is 20.3. The summed E-state index contributed by atoms with van der Waals surface area (Å²) in [5.74, 6) is 0. The summed E-state index contributed by atoms with van der Waals surface area (Å²) in [5, 5.41) is 10.1. The van der Waals surface area contributed by atoms with Crippen LogP contribution in [0.25, 0.3) is 82.1 Å². The van der Waals surface area contributed by atoms with Crippen LogP contribution >= 0.6 is 0 Å². The third-order valence-electron chi connectivity index (χ3n) is 12.1. The van der Waals surface area contributed by atoms with E-state index in [1.807, 2.05) is 0 Å². The van der Waals surface area contributed by atoms with E-state index in [-0.39, 0.29) is 5.41 Å². The van der Waals surface area contributed by atoms with E-state index >= 15 is 0 Å². The smallest absolute Gasteiger partial charge is 0.0541 e. The summed E-state index contributed by atoms with van der Waals surface area (Å²) in [6.45, 7) is 6.89. The fraction of sp³-hybridized carbons (Fsp3) is 0.0714. The maximum atomic E-state index is 2.50. The molecule has 11 rings (SSSR count). The number of benzene rings is 10. The molecule has 0 spiro atoms. The summed E-state index contributed by atoms with van der Waals surface area (Å²) in [4.78, 5) is 2.50. The summed E-state index contributed by atoms with van der Waals surface area (Å²) in [7, 11) is 0. The van der Waals surface area contributed by atoms with Gasteiger partial charge in [0.25, 0.3) is 0 Å². The minimum Gasteiger partial charge on any atom is -0.309 e. The Bertz CT molecular complexity index is 3260. The zero-order valence-corrected chi connectivity index (χ0v) is 32.9. The van der Waals surface area contributed by atoms with E-state index in [4.69, 9.17) is 0 Å². The van der Waals surface area contributed by atoms with Gasteiger partial charge in [-0.1, -0.05) is 172 Å². The van der Waals surface area contributed by atoms with Crippen LogP contribution in [0.3, 0.4) is 0 Å². The summed E-state index contributed by atoms with van der Waals surface area (Å²) in [6.07, 6.45) is 0. The Morgan fingerprint density at radius 2 is 0.948 bits per heavy atom. The maximum absolute atomic E-state index is 2.50. The first kappa shape index (κ1) is 34.1. The Balaban J connectivity index is 1.21. The van der Waals surface area contributed by atoms with E-state index in [1.54, 1.807) is 0 Å². The zero-order valence-electron chi connectivity index (χ0n) is 32.9. The van der Waals surface area contributed by atoms with Crippen molar-refractivity contribution in [2.24, 2.45) is 0 Å². The van der Waals surface area contributed by atoms with Crippen LogP contribution in [0.2, 0.25) is 0 Å². The molecule has 0 saturated heterocycles. The van der Waals surface area contributed by atoms with Crippen molar-refractivity contribution in [3.05, 3.63) is 206 Å². The van der Waals surface area contributed by atoms with Crippen molar-refractivity contribution in [3.8, 4) is 27.9 Å². The van der Waals surface area contributed by atoms with Crippen LogP contribution in [0.5, 0.6) is 0 Å². The van der Waals surface area contributed by atoms with Crippen molar-refractivity contribution in [1.82, 2.24) is 4.57 Å². The van der Waals surface area contributed by atoms with E-state index in [0.717, 1.165) is 17.1 Å². The van der Waals surface area contributed by atoms with Crippen LogP contribution in [0.15, 0.2) is 200 Å². The largest absolute Gasteiger partial charge is 0.309 e. The van der Waals surface area contributed by atoms with E-state index in [1.165, 1.54) is 87.6 Å². The molecule has 2 heteroatoms. The summed E-state index contributed by atoms with van der Waals surface area (Å²) < 4.78 is 2.46. The Labute approximate surface area is 339 Å². The first-order chi connectivity index (χ1) is 28.4. The lowest BCUT2D eigenvalue weighted by molar-refractivity contribution is 0.590. The van der Waals surface area contributed by atoms with Gasteiger partial charge in [-0.15, -0.1) is 0 Å². The van der Waals surface area contributed by atoms with Crippen LogP contribution in [0.1, 0.15) is 26.3 Å². The average Bonchev–Trinajstić information content (AvgIpc) is 3.60. The molecule has 0 aliphatic rings. The molecule has 58 heavy (non-hydrogen) atoms. The number of para-hydroxylation sites is 2. The minimum absolute atomic E-state index is 0.0127. The van der Waals surface area contributed by atoms with Crippen LogP contribution in [-0.2, 0) is 5.41 Å². The molecule has 0 bridgehead atoms. The highest BCUT2D eigenvalue weighted by molar-refractivity contribution is 6.27. The molecule has 1 heterocycles. The van der Waals surface area contributed by atoms with Crippen molar-refractivity contribution in [2.75, 3.05) is 4.90 Å². The van der Waals surface area contributed by atoms with Crippen LogP contribution in [0, 0.1) is 0 Å². The fourth-order valence-electron chi connectivity index (χ4n) is 9.25. The predicted molar refractivity (Wildman–Crippen MR) is 249 cm³/mol. The van der Waals surface area contributed by atoms with Crippen molar-refractivity contribution >= 4 is 71.2 Å². The third-order valence-corrected chi connectivity index (χ3v) is 12.1. The second-order valence-corrected chi connectivity index (χ2v) is 16.6. The quantitative estimate of drug-likeness (QED) is 0.154. The molecule has 0 saturated carbocycles. The number of hydrogen-bond donors (Lipinski definition) is 0. The average molecular weight is 743 g/mol. The number of fused-ring (bicyclic) bond motifs is 3. The second kappa shape index (κ2) is 13.2. The van der Waals surface area contributed by atoms with E-state index < -0.39 is 0 Å². The summed E-state index contributed by atoms with van der Waals surface area (Å²) >= 11 is 0. The number of rotatable bonds is 6. The van der Waals surface area contributed by atoms with Crippen molar-refractivity contribution in [2.45, 2.75) is 26.2 Å². The highest BCUT2D eigenvalue weighted by Gasteiger charge is 2.25. The van der Waals surface area contributed by atoms with Gasteiger partial charge in [-0.25, -0.2) is 0 Å². The third kappa shape index (κ3) is 5.40.